The van der Waals surface area contributed by atoms with Gasteiger partial charge in [-0.05, 0) is 40.3 Å². The summed E-state index contributed by atoms with van der Waals surface area (Å²) in [4.78, 5) is 0. The first-order valence-electron chi connectivity index (χ1n) is 6.20. The summed E-state index contributed by atoms with van der Waals surface area (Å²) in [6, 6.07) is 6.34. The number of rotatable bonds is 3. The standard InChI is InChI=1S/C14H20BrNO/c1-14(2)8-4-7-12(14)16-9-10-5-3-6-11(15)13(10)17/h3,5-6,12,16-17H,4,7-9H2,1-2H3. The lowest BCUT2D eigenvalue weighted by atomic mass is 9.87. The summed E-state index contributed by atoms with van der Waals surface area (Å²) >= 11 is 3.34. The van der Waals surface area contributed by atoms with Gasteiger partial charge in [-0.2, -0.15) is 0 Å². The molecule has 0 radical (unpaired) electrons. The minimum absolute atomic E-state index is 0.357. The molecule has 0 spiro atoms. The molecule has 0 amide bonds. The van der Waals surface area contributed by atoms with Crippen molar-refractivity contribution in [3.8, 4) is 5.75 Å². The highest BCUT2D eigenvalue weighted by atomic mass is 79.9. The van der Waals surface area contributed by atoms with Crippen molar-refractivity contribution in [1.29, 1.82) is 0 Å². The molecule has 2 rings (SSSR count). The van der Waals surface area contributed by atoms with Gasteiger partial charge in [-0.1, -0.05) is 32.4 Å². The van der Waals surface area contributed by atoms with Gasteiger partial charge in [0.05, 0.1) is 4.47 Å². The predicted molar refractivity (Wildman–Crippen MR) is 74.1 cm³/mol. The van der Waals surface area contributed by atoms with E-state index in [1.54, 1.807) is 0 Å². The van der Waals surface area contributed by atoms with Gasteiger partial charge in [0.25, 0.3) is 0 Å². The first kappa shape index (κ1) is 12.9. The second kappa shape index (κ2) is 4.99. The number of halogens is 1. The van der Waals surface area contributed by atoms with Crippen LogP contribution in [0.4, 0.5) is 0 Å². The molecular weight excluding hydrogens is 278 g/mol. The van der Waals surface area contributed by atoms with Gasteiger partial charge in [-0.25, -0.2) is 0 Å². The molecule has 3 heteroatoms. The van der Waals surface area contributed by atoms with E-state index in [0.717, 1.165) is 16.6 Å². The molecule has 94 valence electrons. The zero-order valence-electron chi connectivity index (χ0n) is 10.5. The normalized spacial score (nSPS) is 22.9. The lowest BCUT2D eigenvalue weighted by Crippen LogP contribution is -2.37. The van der Waals surface area contributed by atoms with Crippen molar-refractivity contribution in [2.75, 3.05) is 0 Å². The molecule has 2 N–H and O–H groups in total. The molecule has 0 bridgehead atoms. The average Bonchev–Trinajstić information content (AvgIpc) is 2.60. The van der Waals surface area contributed by atoms with Crippen molar-refractivity contribution >= 4 is 15.9 Å². The molecule has 1 aromatic rings. The number of benzene rings is 1. The molecule has 0 heterocycles. The Morgan fingerprint density at radius 1 is 1.47 bits per heavy atom. The fourth-order valence-electron chi connectivity index (χ4n) is 2.64. The fraction of sp³-hybridized carbons (Fsp3) is 0.571. The summed E-state index contributed by atoms with van der Waals surface area (Å²) in [5.74, 6) is 0.357. The number of phenols is 1. The van der Waals surface area contributed by atoms with Gasteiger partial charge in [0.2, 0.25) is 0 Å². The smallest absolute Gasteiger partial charge is 0.134 e. The Morgan fingerprint density at radius 3 is 2.88 bits per heavy atom. The second-order valence-corrected chi connectivity index (χ2v) is 6.42. The maximum absolute atomic E-state index is 9.91. The van der Waals surface area contributed by atoms with E-state index >= 15 is 0 Å². The number of aromatic hydroxyl groups is 1. The molecule has 1 atom stereocenters. The monoisotopic (exact) mass is 297 g/mol. The summed E-state index contributed by atoms with van der Waals surface area (Å²) in [7, 11) is 0. The van der Waals surface area contributed by atoms with E-state index in [4.69, 9.17) is 0 Å². The number of nitrogens with one attached hydrogen (secondary N) is 1. The van der Waals surface area contributed by atoms with E-state index in [2.05, 4.69) is 35.1 Å². The zero-order chi connectivity index (χ0) is 12.5. The molecule has 17 heavy (non-hydrogen) atoms. The molecule has 1 saturated carbocycles. The van der Waals surface area contributed by atoms with Crippen LogP contribution in [-0.4, -0.2) is 11.1 Å². The fourth-order valence-corrected chi connectivity index (χ4v) is 3.05. The Bertz CT molecular complexity index is 403. The minimum Gasteiger partial charge on any atom is -0.506 e. The maximum atomic E-state index is 9.91. The quantitative estimate of drug-likeness (QED) is 0.889. The molecule has 1 aliphatic carbocycles. The average molecular weight is 298 g/mol. The van der Waals surface area contributed by atoms with Gasteiger partial charge in [0, 0.05) is 18.2 Å². The molecule has 1 unspecified atom stereocenters. The van der Waals surface area contributed by atoms with Gasteiger partial charge in [-0.15, -0.1) is 0 Å². The third-order valence-corrected chi connectivity index (χ3v) is 4.51. The lowest BCUT2D eigenvalue weighted by molar-refractivity contribution is 0.281. The Kier molecular flexibility index (Phi) is 3.79. The third kappa shape index (κ3) is 2.83. The van der Waals surface area contributed by atoms with E-state index in [0.29, 0.717) is 17.2 Å². The van der Waals surface area contributed by atoms with Crippen LogP contribution in [0.1, 0.15) is 38.7 Å². The van der Waals surface area contributed by atoms with Gasteiger partial charge in [0.1, 0.15) is 5.75 Å². The highest BCUT2D eigenvalue weighted by Crippen LogP contribution is 2.37. The highest BCUT2D eigenvalue weighted by molar-refractivity contribution is 9.10. The van der Waals surface area contributed by atoms with Crippen molar-refractivity contribution in [3.63, 3.8) is 0 Å². The molecule has 0 aliphatic heterocycles. The Hall–Kier alpha value is -0.540. The number of hydrogen-bond donors (Lipinski definition) is 2. The summed E-state index contributed by atoms with van der Waals surface area (Å²) < 4.78 is 0.766. The van der Waals surface area contributed by atoms with Gasteiger partial charge in [0.15, 0.2) is 0 Å². The number of hydrogen-bond acceptors (Lipinski definition) is 2. The van der Waals surface area contributed by atoms with Crippen LogP contribution < -0.4 is 5.32 Å². The number of para-hydroxylation sites is 1. The maximum Gasteiger partial charge on any atom is 0.134 e. The first-order chi connectivity index (χ1) is 8.00. The van der Waals surface area contributed by atoms with Gasteiger partial charge < -0.3 is 10.4 Å². The van der Waals surface area contributed by atoms with Crippen LogP contribution in [0, 0.1) is 5.41 Å². The van der Waals surface area contributed by atoms with Crippen LogP contribution in [-0.2, 0) is 6.54 Å². The van der Waals surface area contributed by atoms with E-state index in [-0.39, 0.29) is 0 Å². The van der Waals surface area contributed by atoms with Crippen LogP contribution in [0.2, 0.25) is 0 Å². The van der Waals surface area contributed by atoms with Crippen LogP contribution in [0.5, 0.6) is 5.75 Å². The summed E-state index contributed by atoms with van der Waals surface area (Å²) in [6.45, 7) is 5.37. The van der Waals surface area contributed by atoms with Crippen LogP contribution in [0.15, 0.2) is 22.7 Å². The lowest BCUT2D eigenvalue weighted by Gasteiger charge is -2.28. The van der Waals surface area contributed by atoms with Crippen molar-refractivity contribution in [3.05, 3.63) is 28.2 Å². The van der Waals surface area contributed by atoms with Crippen molar-refractivity contribution in [2.24, 2.45) is 5.41 Å². The van der Waals surface area contributed by atoms with Gasteiger partial charge in [-0.3, -0.25) is 0 Å². The van der Waals surface area contributed by atoms with E-state index < -0.39 is 0 Å². The van der Waals surface area contributed by atoms with Crippen LogP contribution in [0.3, 0.4) is 0 Å². The Labute approximate surface area is 112 Å². The van der Waals surface area contributed by atoms with E-state index in [1.165, 1.54) is 19.3 Å². The summed E-state index contributed by atoms with van der Waals surface area (Å²) in [6.07, 6.45) is 3.83. The molecule has 1 aromatic carbocycles. The van der Waals surface area contributed by atoms with E-state index in [1.807, 2.05) is 18.2 Å². The molecular formula is C14H20BrNO. The van der Waals surface area contributed by atoms with Gasteiger partial charge >= 0.3 is 0 Å². The van der Waals surface area contributed by atoms with Crippen LogP contribution >= 0.6 is 15.9 Å². The Morgan fingerprint density at radius 2 is 2.24 bits per heavy atom. The topological polar surface area (TPSA) is 32.3 Å². The second-order valence-electron chi connectivity index (χ2n) is 5.56. The molecule has 1 fully saturated rings. The van der Waals surface area contributed by atoms with E-state index in [9.17, 15) is 5.11 Å². The first-order valence-corrected chi connectivity index (χ1v) is 7.00. The minimum atomic E-state index is 0.357. The highest BCUT2D eigenvalue weighted by Gasteiger charge is 2.33. The van der Waals surface area contributed by atoms with Crippen molar-refractivity contribution < 1.29 is 5.11 Å². The van der Waals surface area contributed by atoms with Crippen molar-refractivity contribution in [2.45, 2.75) is 45.7 Å². The number of phenolic OH excluding ortho intramolecular Hbond substituents is 1. The summed E-state index contributed by atoms with van der Waals surface area (Å²) in [5, 5.41) is 13.5. The molecule has 0 saturated heterocycles. The molecule has 2 nitrogen and oxygen atoms in total. The van der Waals surface area contributed by atoms with Crippen LogP contribution in [0.25, 0.3) is 0 Å². The summed E-state index contributed by atoms with van der Waals surface area (Å²) in [5.41, 5.74) is 1.34. The third-order valence-electron chi connectivity index (χ3n) is 3.87. The zero-order valence-corrected chi connectivity index (χ0v) is 12.0. The molecule has 0 aromatic heterocycles. The van der Waals surface area contributed by atoms with Crippen molar-refractivity contribution in [1.82, 2.24) is 5.32 Å². The molecule has 1 aliphatic rings. The Balaban J connectivity index is 2.01. The SMILES string of the molecule is CC1(C)CCCC1NCc1cccc(Br)c1O. The predicted octanol–water partition coefficient (Wildman–Crippen LogP) is 3.82. The largest absolute Gasteiger partial charge is 0.506 e.